The van der Waals surface area contributed by atoms with Crippen LogP contribution in [-0.4, -0.2) is 49.0 Å². The van der Waals surface area contributed by atoms with Crippen molar-refractivity contribution >= 4 is 17.6 Å². The van der Waals surface area contributed by atoms with Gasteiger partial charge in [0.1, 0.15) is 0 Å². The summed E-state index contributed by atoms with van der Waals surface area (Å²) in [7, 11) is 1.81. The molecule has 160 valence electrons. The van der Waals surface area contributed by atoms with Crippen LogP contribution >= 0.6 is 0 Å². The van der Waals surface area contributed by atoms with Gasteiger partial charge in [-0.05, 0) is 49.1 Å². The minimum atomic E-state index is -0.251. The Morgan fingerprint density at radius 1 is 1.17 bits per heavy atom. The third kappa shape index (κ3) is 5.21. The lowest BCUT2D eigenvalue weighted by molar-refractivity contribution is 0.0996. The summed E-state index contributed by atoms with van der Waals surface area (Å²) in [6, 6.07) is 12.4. The molecule has 1 aliphatic carbocycles. The van der Waals surface area contributed by atoms with E-state index in [4.69, 9.17) is 4.42 Å². The number of carbonyl (C=O) groups is 1. The number of aliphatic imine (C=N–C) groups is 1. The van der Waals surface area contributed by atoms with Crippen molar-refractivity contribution < 1.29 is 9.21 Å². The number of likely N-dealkylation sites (tertiary alicyclic amines) is 1. The van der Waals surface area contributed by atoms with Crippen molar-refractivity contribution in [3.8, 4) is 0 Å². The summed E-state index contributed by atoms with van der Waals surface area (Å²) in [6.45, 7) is 2.96. The molecule has 1 saturated carbocycles. The standard InChI is InChI=1S/C23H31N5O2/c1-24-23(27-19-12-13-28(16-19)20-5-2-3-6-20)25-15-17-8-10-18(11-9-17)26-22(29)21-7-4-14-30-21/h4,7-11,14,19-20H,2-3,5-6,12-13,15-16H2,1H3,(H,26,29)(H2,24,25,27). The summed E-state index contributed by atoms with van der Waals surface area (Å²) in [6.07, 6.45) is 8.14. The van der Waals surface area contributed by atoms with E-state index in [-0.39, 0.29) is 5.91 Å². The molecule has 2 fully saturated rings. The molecular formula is C23H31N5O2. The van der Waals surface area contributed by atoms with Crippen LogP contribution in [0.15, 0.2) is 52.1 Å². The average Bonchev–Trinajstić information content (AvgIpc) is 3.54. The molecule has 0 radical (unpaired) electrons. The van der Waals surface area contributed by atoms with Crippen LogP contribution in [-0.2, 0) is 6.54 Å². The monoisotopic (exact) mass is 409 g/mol. The van der Waals surface area contributed by atoms with Crippen LogP contribution in [0.5, 0.6) is 0 Å². The van der Waals surface area contributed by atoms with E-state index in [9.17, 15) is 4.79 Å². The van der Waals surface area contributed by atoms with Gasteiger partial charge in [-0.1, -0.05) is 25.0 Å². The number of amides is 1. The molecule has 1 aromatic heterocycles. The first-order valence-corrected chi connectivity index (χ1v) is 10.9. The normalized spacial score (nSPS) is 20.4. The lowest BCUT2D eigenvalue weighted by atomic mass is 10.2. The molecule has 1 unspecified atom stereocenters. The Labute approximate surface area is 177 Å². The molecule has 2 heterocycles. The van der Waals surface area contributed by atoms with Crippen molar-refractivity contribution in [1.29, 1.82) is 0 Å². The van der Waals surface area contributed by atoms with Crippen LogP contribution in [0.1, 0.15) is 48.2 Å². The first-order valence-electron chi connectivity index (χ1n) is 10.9. The molecule has 3 N–H and O–H groups in total. The Kier molecular flexibility index (Phi) is 6.69. The Balaban J connectivity index is 1.22. The molecule has 1 aliphatic heterocycles. The van der Waals surface area contributed by atoms with Gasteiger partial charge in [0.15, 0.2) is 11.7 Å². The summed E-state index contributed by atoms with van der Waals surface area (Å²) in [5.74, 6) is 0.885. The first kappa shape index (κ1) is 20.5. The number of benzene rings is 1. The van der Waals surface area contributed by atoms with E-state index in [1.807, 2.05) is 31.3 Å². The number of hydrogen-bond acceptors (Lipinski definition) is 4. The molecule has 0 spiro atoms. The van der Waals surface area contributed by atoms with E-state index >= 15 is 0 Å². The maximum Gasteiger partial charge on any atom is 0.291 e. The summed E-state index contributed by atoms with van der Waals surface area (Å²) in [5, 5.41) is 9.80. The topological polar surface area (TPSA) is 81.9 Å². The Bertz CT molecular complexity index is 841. The quantitative estimate of drug-likeness (QED) is 0.504. The van der Waals surface area contributed by atoms with Gasteiger partial charge in [-0.15, -0.1) is 0 Å². The van der Waals surface area contributed by atoms with E-state index in [0.717, 1.165) is 29.8 Å². The lowest BCUT2D eigenvalue weighted by Gasteiger charge is -2.24. The smallest absolute Gasteiger partial charge is 0.291 e. The van der Waals surface area contributed by atoms with Gasteiger partial charge in [0, 0.05) is 44.5 Å². The molecular weight excluding hydrogens is 378 g/mol. The van der Waals surface area contributed by atoms with Gasteiger partial charge >= 0.3 is 0 Å². The van der Waals surface area contributed by atoms with Gasteiger partial charge in [0.05, 0.1) is 6.26 Å². The van der Waals surface area contributed by atoms with E-state index in [0.29, 0.717) is 18.3 Å². The van der Waals surface area contributed by atoms with Crippen LogP contribution in [0.4, 0.5) is 5.69 Å². The van der Waals surface area contributed by atoms with Crippen LogP contribution in [0.3, 0.4) is 0 Å². The number of furan rings is 1. The zero-order valence-electron chi connectivity index (χ0n) is 17.6. The zero-order valence-corrected chi connectivity index (χ0v) is 17.6. The third-order valence-electron chi connectivity index (χ3n) is 6.04. The van der Waals surface area contributed by atoms with Crippen molar-refractivity contribution in [1.82, 2.24) is 15.5 Å². The van der Waals surface area contributed by atoms with Gasteiger partial charge in [-0.25, -0.2) is 0 Å². The van der Waals surface area contributed by atoms with E-state index in [1.54, 1.807) is 12.1 Å². The van der Waals surface area contributed by atoms with Crippen molar-refractivity contribution in [3.63, 3.8) is 0 Å². The SMILES string of the molecule is CN=C(NCc1ccc(NC(=O)c2ccco2)cc1)NC1CCN(C2CCCC2)C1. The molecule has 1 atom stereocenters. The predicted octanol–water partition coefficient (Wildman–Crippen LogP) is 3.21. The molecule has 0 bridgehead atoms. The summed E-state index contributed by atoms with van der Waals surface area (Å²) in [5.41, 5.74) is 1.86. The Hall–Kier alpha value is -2.80. The van der Waals surface area contributed by atoms with Gasteiger partial charge in [0.25, 0.3) is 5.91 Å². The zero-order chi connectivity index (χ0) is 20.8. The molecule has 2 aliphatic rings. The first-order chi connectivity index (χ1) is 14.7. The lowest BCUT2D eigenvalue weighted by Crippen LogP contribution is -2.45. The second-order valence-corrected chi connectivity index (χ2v) is 8.12. The predicted molar refractivity (Wildman–Crippen MR) is 119 cm³/mol. The van der Waals surface area contributed by atoms with Crippen molar-refractivity contribution in [2.75, 3.05) is 25.5 Å². The van der Waals surface area contributed by atoms with Crippen molar-refractivity contribution in [2.24, 2.45) is 4.99 Å². The maximum atomic E-state index is 12.0. The van der Waals surface area contributed by atoms with E-state index < -0.39 is 0 Å². The second kappa shape index (κ2) is 9.80. The van der Waals surface area contributed by atoms with Gasteiger partial charge in [-0.3, -0.25) is 14.7 Å². The maximum absolute atomic E-state index is 12.0. The van der Waals surface area contributed by atoms with E-state index in [1.165, 1.54) is 44.9 Å². The van der Waals surface area contributed by atoms with Crippen molar-refractivity contribution in [2.45, 2.75) is 50.7 Å². The Morgan fingerprint density at radius 3 is 2.67 bits per heavy atom. The highest BCUT2D eigenvalue weighted by Crippen LogP contribution is 2.26. The Morgan fingerprint density at radius 2 is 1.97 bits per heavy atom. The minimum Gasteiger partial charge on any atom is -0.459 e. The third-order valence-corrected chi connectivity index (χ3v) is 6.04. The summed E-state index contributed by atoms with van der Waals surface area (Å²) < 4.78 is 5.11. The van der Waals surface area contributed by atoms with Crippen molar-refractivity contribution in [3.05, 3.63) is 54.0 Å². The fourth-order valence-electron chi connectivity index (χ4n) is 4.39. The van der Waals surface area contributed by atoms with Gasteiger partial charge < -0.3 is 20.4 Å². The van der Waals surface area contributed by atoms with Crippen LogP contribution in [0.2, 0.25) is 0 Å². The summed E-state index contributed by atoms with van der Waals surface area (Å²) >= 11 is 0. The number of guanidine groups is 1. The highest BCUT2D eigenvalue weighted by molar-refractivity contribution is 6.02. The molecule has 2 aromatic rings. The number of nitrogens with zero attached hydrogens (tertiary/aromatic N) is 2. The number of anilines is 1. The molecule has 30 heavy (non-hydrogen) atoms. The molecule has 4 rings (SSSR count). The highest BCUT2D eigenvalue weighted by Gasteiger charge is 2.30. The van der Waals surface area contributed by atoms with E-state index in [2.05, 4.69) is 25.8 Å². The largest absolute Gasteiger partial charge is 0.459 e. The molecule has 7 heteroatoms. The summed E-state index contributed by atoms with van der Waals surface area (Å²) in [4.78, 5) is 19.1. The molecule has 7 nitrogen and oxygen atoms in total. The number of nitrogens with one attached hydrogen (secondary N) is 3. The number of rotatable bonds is 6. The average molecular weight is 410 g/mol. The van der Waals surface area contributed by atoms with Crippen LogP contribution < -0.4 is 16.0 Å². The number of carbonyl (C=O) groups excluding carboxylic acids is 1. The molecule has 1 aromatic carbocycles. The fourth-order valence-corrected chi connectivity index (χ4v) is 4.39. The fraction of sp³-hybridized carbons (Fsp3) is 0.478. The molecule has 1 saturated heterocycles. The highest BCUT2D eigenvalue weighted by atomic mass is 16.3. The van der Waals surface area contributed by atoms with Gasteiger partial charge in [0.2, 0.25) is 0 Å². The number of hydrogen-bond donors (Lipinski definition) is 3. The second-order valence-electron chi connectivity index (χ2n) is 8.12. The molecule has 1 amide bonds. The van der Waals surface area contributed by atoms with Crippen LogP contribution in [0.25, 0.3) is 0 Å². The minimum absolute atomic E-state index is 0.251. The van der Waals surface area contributed by atoms with Crippen LogP contribution in [0, 0.1) is 0 Å². The van der Waals surface area contributed by atoms with Gasteiger partial charge in [-0.2, -0.15) is 0 Å².